The van der Waals surface area contributed by atoms with Crippen LogP contribution in [0.3, 0.4) is 0 Å². The van der Waals surface area contributed by atoms with E-state index in [0.29, 0.717) is 11.7 Å². The van der Waals surface area contributed by atoms with E-state index in [0.717, 1.165) is 34.7 Å². The summed E-state index contributed by atoms with van der Waals surface area (Å²) in [4.78, 5) is 16.7. The van der Waals surface area contributed by atoms with Crippen molar-refractivity contribution in [2.45, 2.75) is 13.3 Å². The van der Waals surface area contributed by atoms with Crippen molar-refractivity contribution in [3.63, 3.8) is 0 Å². The maximum atomic E-state index is 12.3. The number of rotatable bonds is 8. The van der Waals surface area contributed by atoms with E-state index in [1.165, 1.54) is 17.4 Å². The van der Waals surface area contributed by atoms with Gasteiger partial charge in [-0.15, -0.1) is 11.3 Å². The van der Waals surface area contributed by atoms with Crippen molar-refractivity contribution in [2.75, 3.05) is 19.0 Å². The molecule has 0 radical (unpaired) electrons. The first kappa shape index (κ1) is 19.6. The zero-order valence-corrected chi connectivity index (χ0v) is 16.7. The fourth-order valence-electron chi connectivity index (χ4n) is 2.50. The van der Waals surface area contributed by atoms with E-state index in [1.807, 2.05) is 53.9 Å². The zero-order chi connectivity index (χ0) is 19.8. The number of aromatic nitrogens is 1. The normalized spacial score (nSPS) is 10.8. The molecule has 1 aromatic heterocycles. The summed E-state index contributed by atoms with van der Waals surface area (Å²) in [6, 6.07) is 15.3. The molecule has 0 atom stereocenters. The van der Waals surface area contributed by atoms with Crippen LogP contribution in [0.25, 0.3) is 17.3 Å². The lowest BCUT2D eigenvalue weighted by atomic mass is 10.2. The Hall–Kier alpha value is -3.12. The molecule has 2 aromatic carbocycles. The minimum atomic E-state index is -0.235. The van der Waals surface area contributed by atoms with Crippen LogP contribution in [0, 0.1) is 0 Å². The van der Waals surface area contributed by atoms with Crippen LogP contribution in [0.4, 0.5) is 5.13 Å². The Balaban J connectivity index is 1.64. The van der Waals surface area contributed by atoms with Crippen LogP contribution in [-0.2, 0) is 4.79 Å². The number of nitrogens with one attached hydrogen (secondary N) is 1. The molecule has 28 heavy (non-hydrogen) atoms. The molecule has 144 valence electrons. The molecule has 0 bridgehead atoms. The lowest BCUT2D eigenvalue weighted by molar-refractivity contribution is -0.111. The Morgan fingerprint density at radius 3 is 2.71 bits per heavy atom. The molecule has 1 N–H and O–H groups in total. The van der Waals surface area contributed by atoms with Gasteiger partial charge in [-0.3, -0.25) is 10.1 Å². The summed E-state index contributed by atoms with van der Waals surface area (Å²) in [5.74, 6) is 1.33. The van der Waals surface area contributed by atoms with Gasteiger partial charge in [0.25, 0.3) is 0 Å². The molecule has 0 saturated heterocycles. The van der Waals surface area contributed by atoms with Gasteiger partial charge in [0.1, 0.15) is 11.5 Å². The van der Waals surface area contributed by atoms with E-state index in [2.05, 4.69) is 17.2 Å². The first-order valence-corrected chi connectivity index (χ1v) is 9.88. The maximum absolute atomic E-state index is 12.3. The van der Waals surface area contributed by atoms with E-state index in [1.54, 1.807) is 13.2 Å². The Kier molecular flexibility index (Phi) is 6.81. The van der Waals surface area contributed by atoms with Crippen molar-refractivity contribution in [3.05, 3.63) is 65.6 Å². The van der Waals surface area contributed by atoms with Gasteiger partial charge in [-0.1, -0.05) is 25.1 Å². The summed E-state index contributed by atoms with van der Waals surface area (Å²) in [5.41, 5.74) is 2.64. The first-order valence-electron chi connectivity index (χ1n) is 9.00. The number of anilines is 1. The topological polar surface area (TPSA) is 60.5 Å². The van der Waals surface area contributed by atoms with Gasteiger partial charge < -0.3 is 9.47 Å². The van der Waals surface area contributed by atoms with Crippen molar-refractivity contribution < 1.29 is 14.3 Å². The predicted molar refractivity (Wildman–Crippen MR) is 114 cm³/mol. The number of nitrogens with zero attached hydrogens (tertiary/aromatic N) is 1. The minimum Gasteiger partial charge on any atom is -0.497 e. The molecule has 0 unspecified atom stereocenters. The lowest BCUT2D eigenvalue weighted by Crippen LogP contribution is -2.07. The van der Waals surface area contributed by atoms with Crippen LogP contribution in [0.1, 0.15) is 18.9 Å². The molecule has 0 fully saturated rings. The number of carbonyl (C=O) groups excluding carboxylic acids is 1. The Labute approximate surface area is 168 Å². The third-order valence-corrected chi connectivity index (χ3v) is 4.67. The summed E-state index contributed by atoms with van der Waals surface area (Å²) in [6.07, 6.45) is 4.17. The van der Waals surface area contributed by atoms with E-state index in [-0.39, 0.29) is 5.91 Å². The smallest absolute Gasteiger partial charge is 0.250 e. The van der Waals surface area contributed by atoms with Crippen LogP contribution in [0.15, 0.2) is 60.0 Å². The number of para-hydroxylation sites is 1. The Bertz CT molecular complexity index is 948. The summed E-state index contributed by atoms with van der Waals surface area (Å²) in [5, 5.41) is 5.27. The molecule has 0 spiro atoms. The second kappa shape index (κ2) is 9.71. The molecule has 3 aromatic rings. The van der Waals surface area contributed by atoms with Crippen molar-refractivity contribution in [2.24, 2.45) is 0 Å². The predicted octanol–water partition coefficient (Wildman–Crippen LogP) is 5.26. The third-order valence-electron chi connectivity index (χ3n) is 3.92. The van der Waals surface area contributed by atoms with Gasteiger partial charge in [0.05, 0.1) is 19.4 Å². The number of hydrogen-bond acceptors (Lipinski definition) is 5. The minimum absolute atomic E-state index is 0.235. The van der Waals surface area contributed by atoms with Crippen LogP contribution in [-0.4, -0.2) is 24.6 Å². The highest BCUT2D eigenvalue weighted by Gasteiger charge is 2.07. The van der Waals surface area contributed by atoms with Crippen molar-refractivity contribution in [1.82, 2.24) is 4.98 Å². The van der Waals surface area contributed by atoms with E-state index in [9.17, 15) is 4.79 Å². The maximum Gasteiger partial charge on any atom is 0.250 e. The zero-order valence-electron chi connectivity index (χ0n) is 15.8. The van der Waals surface area contributed by atoms with Crippen LogP contribution in [0.2, 0.25) is 0 Å². The quantitative estimate of drug-likeness (QED) is 0.530. The standard InChI is InChI=1S/C22H22N2O3S/c1-3-14-27-20-7-5-4-6-17(20)10-13-21(25)24-22-23-19(15-28-22)16-8-11-18(26-2)12-9-16/h4-13,15H,3,14H2,1-2H3,(H,23,24,25)/b13-10+. The highest BCUT2D eigenvalue weighted by molar-refractivity contribution is 7.14. The Morgan fingerprint density at radius 1 is 1.18 bits per heavy atom. The summed E-state index contributed by atoms with van der Waals surface area (Å²) in [6.45, 7) is 2.70. The monoisotopic (exact) mass is 394 g/mol. The Morgan fingerprint density at radius 2 is 1.96 bits per heavy atom. The number of methoxy groups -OCH3 is 1. The largest absolute Gasteiger partial charge is 0.497 e. The van der Waals surface area contributed by atoms with Crippen molar-refractivity contribution >= 4 is 28.5 Å². The molecule has 1 heterocycles. The third kappa shape index (κ3) is 5.20. The van der Waals surface area contributed by atoms with Gasteiger partial charge in [-0.2, -0.15) is 0 Å². The fraction of sp³-hybridized carbons (Fsp3) is 0.182. The average Bonchev–Trinajstić information content (AvgIpc) is 3.19. The summed E-state index contributed by atoms with van der Waals surface area (Å²) in [7, 11) is 1.63. The number of amides is 1. The highest BCUT2D eigenvalue weighted by atomic mass is 32.1. The fourth-order valence-corrected chi connectivity index (χ4v) is 3.22. The van der Waals surface area contributed by atoms with Crippen LogP contribution >= 0.6 is 11.3 Å². The van der Waals surface area contributed by atoms with Gasteiger partial charge in [-0.25, -0.2) is 4.98 Å². The molecule has 0 aliphatic rings. The molecule has 0 aliphatic heterocycles. The van der Waals surface area contributed by atoms with Crippen LogP contribution in [0.5, 0.6) is 11.5 Å². The number of ether oxygens (including phenoxy) is 2. The molecule has 0 aliphatic carbocycles. The number of hydrogen-bond donors (Lipinski definition) is 1. The molecule has 3 rings (SSSR count). The molecular weight excluding hydrogens is 372 g/mol. The second-order valence-corrected chi connectivity index (χ2v) is 6.83. The van der Waals surface area contributed by atoms with Gasteiger partial charge in [0, 0.05) is 22.6 Å². The highest BCUT2D eigenvalue weighted by Crippen LogP contribution is 2.26. The lowest BCUT2D eigenvalue weighted by Gasteiger charge is -2.07. The molecule has 6 heteroatoms. The summed E-state index contributed by atoms with van der Waals surface area (Å²) >= 11 is 1.39. The number of benzene rings is 2. The average molecular weight is 394 g/mol. The van der Waals surface area contributed by atoms with E-state index >= 15 is 0 Å². The van der Waals surface area contributed by atoms with Crippen molar-refractivity contribution in [1.29, 1.82) is 0 Å². The molecule has 1 amide bonds. The van der Waals surface area contributed by atoms with Gasteiger partial charge in [0.2, 0.25) is 5.91 Å². The number of carbonyl (C=O) groups is 1. The molecule has 0 saturated carbocycles. The van der Waals surface area contributed by atoms with E-state index in [4.69, 9.17) is 9.47 Å². The number of thiazole rings is 1. The van der Waals surface area contributed by atoms with Crippen molar-refractivity contribution in [3.8, 4) is 22.8 Å². The molecular formula is C22H22N2O3S. The SMILES string of the molecule is CCCOc1ccccc1/C=C/C(=O)Nc1nc(-c2ccc(OC)cc2)cs1. The molecule has 5 nitrogen and oxygen atoms in total. The van der Waals surface area contributed by atoms with Gasteiger partial charge in [0.15, 0.2) is 5.13 Å². The van der Waals surface area contributed by atoms with Crippen LogP contribution < -0.4 is 14.8 Å². The second-order valence-electron chi connectivity index (χ2n) is 5.98. The van der Waals surface area contributed by atoms with Gasteiger partial charge in [-0.05, 0) is 42.8 Å². The summed E-state index contributed by atoms with van der Waals surface area (Å²) < 4.78 is 10.9. The van der Waals surface area contributed by atoms with E-state index < -0.39 is 0 Å². The van der Waals surface area contributed by atoms with Gasteiger partial charge >= 0.3 is 0 Å². The first-order chi connectivity index (χ1) is 13.7.